The van der Waals surface area contributed by atoms with Crippen molar-refractivity contribution in [3.05, 3.63) is 53.4 Å². The summed E-state index contributed by atoms with van der Waals surface area (Å²) in [6, 6.07) is 4.12. The van der Waals surface area contributed by atoms with Crippen molar-refractivity contribution in [2.45, 2.75) is 49.7 Å². The fraction of sp³-hybridized carbons (Fsp3) is 0.409. The molecule has 0 aliphatic carbocycles. The number of anilines is 1. The van der Waals surface area contributed by atoms with E-state index < -0.39 is 43.8 Å². The highest BCUT2D eigenvalue weighted by atomic mass is 32.3. The van der Waals surface area contributed by atoms with Crippen LogP contribution < -0.4 is 15.4 Å². The fourth-order valence-electron chi connectivity index (χ4n) is 4.57. The highest BCUT2D eigenvalue weighted by Gasteiger charge is 2.61. The second kappa shape index (κ2) is 8.29. The predicted octanol–water partition coefficient (Wildman–Crippen LogP) is 3.40. The van der Waals surface area contributed by atoms with Crippen molar-refractivity contribution in [1.29, 1.82) is 0 Å². The number of carboxylic acid groups (broad SMARTS) is 1. The van der Waals surface area contributed by atoms with E-state index in [0.29, 0.717) is 24.5 Å². The zero-order valence-electron chi connectivity index (χ0n) is 19.2. The van der Waals surface area contributed by atoms with Crippen molar-refractivity contribution in [1.82, 2.24) is 20.0 Å². The second-order valence-corrected chi connectivity index (χ2v) is 12.1. The van der Waals surface area contributed by atoms with E-state index >= 15 is 4.39 Å². The molecule has 5 N–H and O–H groups in total. The average molecular weight is 491 g/mol. The Morgan fingerprint density at radius 1 is 1.21 bits per heavy atom. The van der Waals surface area contributed by atoms with Gasteiger partial charge in [0.25, 0.3) is 5.91 Å². The van der Waals surface area contributed by atoms with Crippen LogP contribution in [0.2, 0.25) is 0 Å². The minimum absolute atomic E-state index is 0.0521. The standard InChI is InChI=1S/C22H27FN6O4S/c1-12-24-10-13(11-25-12)18(30)27-14-5-6-16(23)15(9-14)22(4)17-7-8-26-34(17,33)21(2,3)19(29-22)28-20(31)32/h5-6,9-11,17,26,33H,7-8H2,1-4H3,(H,27,30)(H,28,29)(H,31,32)/t17-,22+/m0/s1. The summed E-state index contributed by atoms with van der Waals surface area (Å²) in [5.41, 5.74) is -0.587. The molecule has 2 aromatic rings. The van der Waals surface area contributed by atoms with Crippen molar-refractivity contribution in [2.75, 3.05) is 11.9 Å². The van der Waals surface area contributed by atoms with Gasteiger partial charge in [0.1, 0.15) is 23.0 Å². The van der Waals surface area contributed by atoms with Crippen LogP contribution in [0.15, 0.2) is 35.6 Å². The van der Waals surface area contributed by atoms with Crippen LogP contribution in [0, 0.1) is 12.7 Å². The summed E-state index contributed by atoms with van der Waals surface area (Å²) in [6.07, 6.45) is 1.99. The molecule has 3 heterocycles. The largest absolute Gasteiger partial charge is 0.465 e. The molecule has 182 valence electrons. The van der Waals surface area contributed by atoms with Crippen LogP contribution >= 0.6 is 10.5 Å². The Morgan fingerprint density at radius 3 is 2.53 bits per heavy atom. The van der Waals surface area contributed by atoms with Crippen LogP contribution in [0.25, 0.3) is 0 Å². The lowest BCUT2D eigenvalue weighted by Crippen LogP contribution is -2.59. The number of aliphatic imine (C=N–C) groups is 1. The first-order valence-corrected chi connectivity index (χ1v) is 12.3. The summed E-state index contributed by atoms with van der Waals surface area (Å²) in [7, 11) is -2.65. The smallest absolute Gasteiger partial charge is 0.410 e. The third-order valence-corrected chi connectivity index (χ3v) is 10.4. The molecule has 1 aromatic heterocycles. The quantitative estimate of drug-likeness (QED) is 0.443. The van der Waals surface area contributed by atoms with Gasteiger partial charge in [-0.25, -0.2) is 19.2 Å². The van der Waals surface area contributed by atoms with Crippen LogP contribution in [-0.4, -0.2) is 54.0 Å². The Bertz CT molecular complexity index is 1190. The molecule has 2 aliphatic heterocycles. The van der Waals surface area contributed by atoms with E-state index in [1.165, 1.54) is 30.6 Å². The molecule has 10 nitrogen and oxygen atoms in total. The summed E-state index contributed by atoms with van der Waals surface area (Å²) in [5, 5.41) is 13.9. The first kappa shape index (κ1) is 24.0. The summed E-state index contributed by atoms with van der Waals surface area (Å²) in [5.74, 6) is -0.464. The Labute approximate surface area is 197 Å². The van der Waals surface area contributed by atoms with Crippen molar-refractivity contribution in [3.63, 3.8) is 0 Å². The number of halogens is 1. The molecule has 12 heteroatoms. The Hall–Kier alpha value is -3.09. The molecule has 0 saturated carbocycles. The van der Waals surface area contributed by atoms with Gasteiger partial charge in [-0.05, 0) is 52.3 Å². The number of hydrogen-bond donors (Lipinski definition) is 5. The molecular formula is C22H27FN6O4S. The van der Waals surface area contributed by atoms with E-state index in [1.54, 1.807) is 27.7 Å². The number of rotatable bonds is 3. The van der Waals surface area contributed by atoms with Gasteiger partial charge >= 0.3 is 6.09 Å². The number of aryl methyl sites for hydroxylation is 1. The zero-order valence-corrected chi connectivity index (χ0v) is 20.0. The number of benzene rings is 1. The molecular weight excluding hydrogens is 463 g/mol. The maximum Gasteiger partial charge on any atom is 0.410 e. The van der Waals surface area contributed by atoms with Gasteiger partial charge in [0.2, 0.25) is 0 Å². The predicted molar refractivity (Wildman–Crippen MR) is 128 cm³/mol. The summed E-state index contributed by atoms with van der Waals surface area (Å²) < 4.78 is 29.1. The van der Waals surface area contributed by atoms with E-state index in [1.807, 2.05) is 0 Å². The van der Waals surface area contributed by atoms with E-state index in [-0.39, 0.29) is 17.0 Å². The number of nitrogens with one attached hydrogen (secondary N) is 3. The van der Waals surface area contributed by atoms with Crippen LogP contribution in [0.1, 0.15) is 48.9 Å². The number of fused-ring (bicyclic) bond motifs is 1. The van der Waals surface area contributed by atoms with Crippen molar-refractivity contribution in [3.8, 4) is 0 Å². The molecule has 0 spiro atoms. The van der Waals surface area contributed by atoms with E-state index in [4.69, 9.17) is 0 Å². The minimum Gasteiger partial charge on any atom is -0.465 e. The molecule has 1 aromatic carbocycles. The molecule has 0 radical (unpaired) electrons. The maximum absolute atomic E-state index is 15.2. The average Bonchev–Trinajstić information content (AvgIpc) is 3.18. The normalized spacial score (nSPS) is 29.4. The summed E-state index contributed by atoms with van der Waals surface area (Å²) in [4.78, 5) is 36.8. The van der Waals surface area contributed by atoms with E-state index in [2.05, 4.69) is 30.3 Å². The van der Waals surface area contributed by atoms with Crippen LogP contribution in [-0.2, 0) is 5.54 Å². The number of aromatic nitrogens is 2. The van der Waals surface area contributed by atoms with Gasteiger partial charge < -0.3 is 15.0 Å². The molecule has 1 unspecified atom stereocenters. The zero-order chi connectivity index (χ0) is 24.9. The SMILES string of the molecule is Cc1ncc(C(=O)Nc2ccc(F)c([C@@]3(C)N=C(NC(=O)O)C(C)(C)S4(O)NCC[C@@H]34)c2)cn1. The molecule has 1 saturated heterocycles. The molecule has 2 aliphatic rings. The minimum atomic E-state index is -2.65. The van der Waals surface area contributed by atoms with E-state index in [9.17, 15) is 19.2 Å². The number of amidine groups is 1. The lowest BCUT2D eigenvalue weighted by atomic mass is 9.85. The van der Waals surface area contributed by atoms with Gasteiger partial charge in [-0.3, -0.25) is 19.8 Å². The number of carbonyl (C=O) groups excluding carboxylic acids is 1. The molecule has 4 rings (SSSR count). The lowest BCUT2D eigenvalue weighted by Gasteiger charge is -2.56. The van der Waals surface area contributed by atoms with Gasteiger partial charge in [-0.15, -0.1) is 0 Å². The van der Waals surface area contributed by atoms with E-state index in [0.717, 1.165) is 0 Å². The third-order valence-electron chi connectivity index (χ3n) is 6.50. The topological polar surface area (TPSA) is 149 Å². The van der Waals surface area contributed by atoms with Gasteiger partial charge in [0.15, 0.2) is 0 Å². The van der Waals surface area contributed by atoms with Crippen molar-refractivity contribution in [2.24, 2.45) is 4.99 Å². The summed E-state index contributed by atoms with van der Waals surface area (Å²) >= 11 is 0. The molecule has 3 atom stereocenters. The van der Waals surface area contributed by atoms with Gasteiger partial charge in [-0.1, -0.05) is 10.5 Å². The van der Waals surface area contributed by atoms with Gasteiger partial charge in [-0.2, -0.15) is 0 Å². The number of nitrogens with zero attached hydrogens (tertiary/aromatic N) is 3. The molecule has 2 amide bonds. The fourth-order valence-corrected chi connectivity index (χ4v) is 7.97. The molecule has 1 fully saturated rings. The molecule has 34 heavy (non-hydrogen) atoms. The number of amides is 2. The van der Waals surface area contributed by atoms with Gasteiger partial charge in [0, 0.05) is 30.2 Å². The maximum atomic E-state index is 15.2. The van der Waals surface area contributed by atoms with Crippen LogP contribution in [0.4, 0.5) is 14.9 Å². The van der Waals surface area contributed by atoms with Crippen molar-refractivity contribution >= 4 is 34.0 Å². The monoisotopic (exact) mass is 490 g/mol. The van der Waals surface area contributed by atoms with Crippen LogP contribution in [0.5, 0.6) is 0 Å². The number of hydrogen-bond acceptors (Lipinski definition) is 7. The van der Waals surface area contributed by atoms with Crippen molar-refractivity contribution < 1.29 is 23.6 Å². The highest BCUT2D eigenvalue weighted by Crippen LogP contribution is 2.67. The summed E-state index contributed by atoms with van der Waals surface area (Å²) in [6.45, 7) is 7.31. The van der Waals surface area contributed by atoms with Crippen LogP contribution in [0.3, 0.4) is 0 Å². The lowest BCUT2D eigenvalue weighted by molar-refractivity contribution is 0.102. The third kappa shape index (κ3) is 3.81. The Balaban J connectivity index is 1.78. The molecule has 0 bridgehead atoms. The first-order chi connectivity index (χ1) is 15.9. The first-order valence-electron chi connectivity index (χ1n) is 10.7. The highest BCUT2D eigenvalue weighted by molar-refractivity contribution is 8.29. The Kier molecular flexibility index (Phi) is 5.86. The van der Waals surface area contributed by atoms with Gasteiger partial charge in [0.05, 0.1) is 15.6 Å². The second-order valence-electron chi connectivity index (χ2n) is 9.01. The number of carbonyl (C=O) groups is 2. The Morgan fingerprint density at radius 2 is 1.88 bits per heavy atom.